The molecule has 1 saturated heterocycles. The second-order valence-electron chi connectivity index (χ2n) is 10.5. The van der Waals surface area contributed by atoms with Crippen LogP contribution >= 0.6 is 11.6 Å². The van der Waals surface area contributed by atoms with Crippen LogP contribution in [0.4, 0.5) is 17.6 Å². The number of carbonyl (C=O) groups is 1. The summed E-state index contributed by atoms with van der Waals surface area (Å²) in [5.74, 6) is -1.49. The fourth-order valence-electron chi connectivity index (χ4n) is 5.19. The van der Waals surface area contributed by atoms with Crippen LogP contribution in [-0.4, -0.2) is 44.5 Å². The topological polar surface area (TPSA) is 78.5 Å². The third-order valence-corrected chi connectivity index (χ3v) is 9.13. The highest BCUT2D eigenvalue weighted by Crippen LogP contribution is 2.32. The van der Waals surface area contributed by atoms with Crippen LogP contribution in [-0.2, 0) is 27.8 Å². The van der Waals surface area contributed by atoms with Gasteiger partial charge in [-0.2, -0.15) is 17.9 Å². The molecule has 0 unspecified atom stereocenters. The second-order valence-corrected chi connectivity index (χ2v) is 12.6. The number of rotatable bonds is 8. The third-order valence-electron chi connectivity index (χ3n) is 7.40. The molecule has 2 N–H and O–H groups in total. The van der Waals surface area contributed by atoms with Gasteiger partial charge in [-0.1, -0.05) is 36.7 Å². The normalized spacial score (nSPS) is 19.9. The fraction of sp³-hybridized carbons (Fsp3) is 0.519. The molecule has 214 valence electrons. The molecule has 0 saturated carbocycles. The van der Waals surface area contributed by atoms with E-state index in [0.717, 1.165) is 67.2 Å². The van der Waals surface area contributed by atoms with Crippen LogP contribution in [0.15, 0.2) is 41.3 Å². The highest BCUT2D eigenvalue weighted by atomic mass is 35.5. The van der Waals surface area contributed by atoms with Crippen molar-refractivity contribution in [3.05, 3.63) is 63.9 Å². The number of hydrogen-bond acceptors (Lipinski definition) is 4. The lowest BCUT2D eigenvalue weighted by Gasteiger charge is -2.31. The maximum atomic E-state index is 14.1. The van der Waals surface area contributed by atoms with Gasteiger partial charge in [0.05, 0.1) is 12.5 Å². The number of piperidine rings is 1. The first-order chi connectivity index (χ1) is 18.3. The Morgan fingerprint density at radius 3 is 2.54 bits per heavy atom. The van der Waals surface area contributed by atoms with Crippen LogP contribution in [0.2, 0.25) is 5.02 Å². The van der Waals surface area contributed by atoms with E-state index in [4.69, 9.17) is 11.6 Å². The Labute approximate surface area is 231 Å². The van der Waals surface area contributed by atoms with E-state index in [1.165, 1.54) is 17.6 Å². The number of hydrogen-bond donors (Lipinski definition) is 2. The Hall–Kier alpha value is -2.21. The van der Waals surface area contributed by atoms with Crippen LogP contribution in [0.3, 0.4) is 0 Å². The predicted octanol–water partition coefficient (Wildman–Crippen LogP) is 5.50. The zero-order chi connectivity index (χ0) is 28.4. The average molecular weight is 590 g/mol. The van der Waals surface area contributed by atoms with Crippen molar-refractivity contribution in [3.8, 4) is 0 Å². The van der Waals surface area contributed by atoms with Gasteiger partial charge in [0, 0.05) is 11.6 Å². The number of alkyl halides is 3. The lowest BCUT2D eigenvalue weighted by atomic mass is 9.86. The van der Waals surface area contributed by atoms with Gasteiger partial charge in [-0.3, -0.25) is 9.69 Å². The summed E-state index contributed by atoms with van der Waals surface area (Å²) < 4.78 is 81.8. The summed E-state index contributed by atoms with van der Waals surface area (Å²) in [6.07, 6.45) is -1.83. The molecular formula is C27H32ClF4N3O3S. The van der Waals surface area contributed by atoms with Crippen molar-refractivity contribution in [3.63, 3.8) is 0 Å². The minimum absolute atomic E-state index is 0.164. The smallest absolute Gasteiger partial charge is 0.349 e. The Morgan fingerprint density at radius 1 is 1.13 bits per heavy atom. The Bertz CT molecular complexity index is 1300. The maximum Gasteiger partial charge on any atom is 0.405 e. The first kappa shape index (κ1) is 29.8. The molecule has 12 heteroatoms. The minimum Gasteiger partial charge on any atom is -0.349 e. The molecule has 1 heterocycles. The first-order valence-electron chi connectivity index (χ1n) is 13.0. The van der Waals surface area contributed by atoms with Gasteiger partial charge in [0.2, 0.25) is 15.9 Å². The number of halogens is 5. The van der Waals surface area contributed by atoms with Crippen LogP contribution in [0.5, 0.6) is 0 Å². The standard InChI is InChI=1S/C27H32ClF4N3O3S/c1-17-9-11-35(12-10-17)16-18-5-7-21-19(13-18)3-2-4-23(21)33-26(36)15-25(27(30,31)32)34-39(37,38)24-14-20(28)6-8-22(24)29/h5-8,13-14,17,23,25,34H,2-4,9-12,15-16H2,1H3,(H,33,36)/t23-,25-/m1/s1. The van der Waals surface area contributed by atoms with Crippen molar-refractivity contribution in [2.75, 3.05) is 13.1 Å². The maximum absolute atomic E-state index is 14.1. The van der Waals surface area contributed by atoms with Gasteiger partial charge >= 0.3 is 6.18 Å². The molecule has 1 amide bonds. The van der Waals surface area contributed by atoms with Gasteiger partial charge in [0.25, 0.3) is 0 Å². The number of nitrogens with one attached hydrogen (secondary N) is 2. The van der Waals surface area contributed by atoms with Crippen molar-refractivity contribution in [1.82, 2.24) is 14.9 Å². The summed E-state index contributed by atoms with van der Waals surface area (Å²) in [5, 5.41) is 2.49. The molecule has 0 bridgehead atoms. The van der Waals surface area contributed by atoms with E-state index in [1.54, 1.807) is 0 Å². The molecule has 1 aliphatic heterocycles. The second kappa shape index (κ2) is 12.1. The van der Waals surface area contributed by atoms with Crippen molar-refractivity contribution in [2.24, 2.45) is 5.92 Å². The highest BCUT2D eigenvalue weighted by Gasteiger charge is 2.44. The molecule has 0 aromatic heterocycles. The van der Waals surface area contributed by atoms with E-state index >= 15 is 0 Å². The molecule has 0 radical (unpaired) electrons. The number of benzene rings is 2. The molecule has 39 heavy (non-hydrogen) atoms. The van der Waals surface area contributed by atoms with E-state index in [2.05, 4.69) is 23.2 Å². The van der Waals surface area contributed by atoms with Gasteiger partial charge in [-0.25, -0.2) is 12.8 Å². The van der Waals surface area contributed by atoms with Crippen molar-refractivity contribution in [2.45, 2.75) is 75.1 Å². The third kappa shape index (κ3) is 7.71. The van der Waals surface area contributed by atoms with E-state index in [1.807, 2.05) is 12.1 Å². The Morgan fingerprint density at radius 2 is 1.85 bits per heavy atom. The summed E-state index contributed by atoms with van der Waals surface area (Å²) in [6, 6.07) is 5.32. The van der Waals surface area contributed by atoms with Gasteiger partial charge in [0.1, 0.15) is 16.8 Å². The lowest BCUT2D eigenvalue weighted by Crippen LogP contribution is -2.48. The Kier molecular flexibility index (Phi) is 9.25. The van der Waals surface area contributed by atoms with Crippen molar-refractivity contribution in [1.29, 1.82) is 0 Å². The van der Waals surface area contributed by atoms with Crippen molar-refractivity contribution < 1.29 is 30.8 Å². The monoisotopic (exact) mass is 589 g/mol. The van der Waals surface area contributed by atoms with Gasteiger partial charge in [0.15, 0.2) is 0 Å². The average Bonchev–Trinajstić information content (AvgIpc) is 2.86. The quantitative estimate of drug-likeness (QED) is 0.399. The predicted molar refractivity (Wildman–Crippen MR) is 140 cm³/mol. The molecule has 1 aliphatic carbocycles. The van der Waals surface area contributed by atoms with E-state index in [-0.39, 0.29) is 5.02 Å². The molecule has 2 aromatic rings. The van der Waals surface area contributed by atoms with Crippen LogP contribution in [0.1, 0.15) is 61.8 Å². The lowest BCUT2D eigenvalue weighted by molar-refractivity contribution is -0.158. The summed E-state index contributed by atoms with van der Waals surface area (Å²) in [4.78, 5) is 14.1. The van der Waals surface area contributed by atoms with Gasteiger partial charge in [-0.05, 0) is 86.0 Å². The van der Waals surface area contributed by atoms with E-state index in [0.29, 0.717) is 12.5 Å². The molecule has 1 fully saturated rings. The Balaban J connectivity index is 1.43. The van der Waals surface area contributed by atoms with Crippen LogP contribution in [0.25, 0.3) is 0 Å². The molecule has 4 rings (SSSR count). The van der Waals surface area contributed by atoms with Gasteiger partial charge < -0.3 is 5.32 Å². The molecular weight excluding hydrogens is 558 g/mol. The molecule has 0 spiro atoms. The SMILES string of the molecule is CC1CCN(Cc2ccc3c(c2)CCC[C@H]3NC(=O)C[C@@H](NS(=O)(=O)c2cc(Cl)ccc2F)C(F)(F)F)CC1. The van der Waals surface area contributed by atoms with Crippen LogP contribution < -0.4 is 10.0 Å². The minimum atomic E-state index is -5.09. The number of likely N-dealkylation sites (tertiary alicyclic amines) is 1. The molecule has 6 nitrogen and oxygen atoms in total. The summed E-state index contributed by atoms with van der Waals surface area (Å²) in [6.45, 7) is 5.18. The largest absolute Gasteiger partial charge is 0.405 e. The zero-order valence-corrected chi connectivity index (χ0v) is 23.1. The number of nitrogens with zero attached hydrogens (tertiary/aromatic N) is 1. The number of fused-ring (bicyclic) bond motifs is 1. The number of sulfonamides is 1. The van der Waals surface area contributed by atoms with Crippen molar-refractivity contribution >= 4 is 27.5 Å². The summed E-state index contributed by atoms with van der Waals surface area (Å²) >= 11 is 5.70. The number of amides is 1. The molecule has 2 aromatic carbocycles. The highest BCUT2D eigenvalue weighted by molar-refractivity contribution is 7.89. The molecule has 2 aliphatic rings. The molecule has 2 atom stereocenters. The first-order valence-corrected chi connectivity index (χ1v) is 14.9. The summed E-state index contributed by atoms with van der Waals surface area (Å²) in [5.41, 5.74) is 3.07. The zero-order valence-electron chi connectivity index (χ0n) is 21.5. The van der Waals surface area contributed by atoms with E-state index < -0.39 is 51.3 Å². The number of aryl methyl sites for hydroxylation is 1. The van der Waals surface area contributed by atoms with Crippen LogP contribution in [0, 0.1) is 11.7 Å². The van der Waals surface area contributed by atoms with E-state index in [9.17, 15) is 30.8 Å². The summed E-state index contributed by atoms with van der Waals surface area (Å²) in [7, 11) is -4.96. The van der Waals surface area contributed by atoms with Gasteiger partial charge in [-0.15, -0.1) is 0 Å². The fourth-order valence-corrected chi connectivity index (χ4v) is 6.75. The number of carbonyl (C=O) groups excluding carboxylic acids is 1.